The number of nitrogens with zero attached hydrogens (tertiary/aromatic N) is 10. The van der Waals surface area contributed by atoms with Crippen molar-refractivity contribution in [2.45, 2.75) is 75.4 Å². The number of benzene rings is 3. The number of anilines is 3. The number of carbonyl (C=O) groups excluding carboxylic acids is 5. The SMILES string of the molecule is CN(CCCOc1nc(N2CCCC3(CCN3C(=O)c3ccnn3C)C2)c2cc(Cl)c(-c3ccc(F)c4sc(N)c(C#N)c34)c(F)c2n1)CCCN1CCC(Nc2cccc3c2C(=O)N(C2CCC(=O)NC2=O)C3=O)CC1. The van der Waals surface area contributed by atoms with Crippen LogP contribution in [0.15, 0.2) is 48.7 Å². The van der Waals surface area contributed by atoms with Crippen LogP contribution in [0.25, 0.3) is 32.1 Å². The molecule has 0 aliphatic carbocycles. The summed E-state index contributed by atoms with van der Waals surface area (Å²) in [5.41, 5.74) is 7.33. The van der Waals surface area contributed by atoms with Crippen molar-refractivity contribution < 1.29 is 37.5 Å². The minimum absolute atomic E-state index is 0.00928. The minimum atomic E-state index is -1.03. The number of aromatic nitrogens is 4. The van der Waals surface area contributed by atoms with Gasteiger partial charge in [-0.25, -0.2) is 8.78 Å². The maximum Gasteiger partial charge on any atom is 0.319 e. The van der Waals surface area contributed by atoms with E-state index in [1.807, 2.05) is 11.9 Å². The van der Waals surface area contributed by atoms with Crippen molar-refractivity contribution in [2.75, 3.05) is 82.0 Å². The Labute approximate surface area is 450 Å². The molecule has 5 amide bonds. The van der Waals surface area contributed by atoms with Crippen molar-refractivity contribution in [3.05, 3.63) is 87.7 Å². The highest BCUT2D eigenvalue weighted by atomic mass is 35.5. The van der Waals surface area contributed by atoms with Gasteiger partial charge in [0.15, 0.2) is 5.82 Å². The van der Waals surface area contributed by atoms with Gasteiger partial charge >= 0.3 is 6.01 Å². The van der Waals surface area contributed by atoms with E-state index in [1.54, 1.807) is 48.3 Å². The number of hydrogen-bond donors (Lipinski definition) is 3. The van der Waals surface area contributed by atoms with Crippen LogP contribution in [0.5, 0.6) is 6.01 Å². The number of likely N-dealkylation sites (tertiary alicyclic amines) is 2. The number of nitrogen functional groups attached to an aromatic ring is 1. The number of aryl methyl sites for hydroxylation is 1. The number of thiophene rings is 1. The molecule has 4 N–H and O–H groups in total. The van der Waals surface area contributed by atoms with Crippen molar-refractivity contribution in [1.29, 1.82) is 5.26 Å². The van der Waals surface area contributed by atoms with Crippen LogP contribution < -0.4 is 26.0 Å². The van der Waals surface area contributed by atoms with Crippen molar-refractivity contribution in [2.24, 2.45) is 7.05 Å². The number of nitrogens with one attached hydrogen (secondary N) is 2. The van der Waals surface area contributed by atoms with Crippen LogP contribution in [0.1, 0.15) is 94.6 Å². The van der Waals surface area contributed by atoms with Gasteiger partial charge in [-0.15, -0.1) is 11.3 Å². The highest BCUT2D eigenvalue weighted by molar-refractivity contribution is 7.23. The maximum atomic E-state index is 17.4. The quantitative estimate of drug-likeness (QED) is 0.0729. The number of imide groups is 2. The van der Waals surface area contributed by atoms with Gasteiger partial charge in [0.1, 0.15) is 40.0 Å². The van der Waals surface area contributed by atoms with Gasteiger partial charge in [0, 0.05) is 87.0 Å². The fourth-order valence-corrected chi connectivity index (χ4v) is 13.1. The van der Waals surface area contributed by atoms with E-state index in [4.69, 9.17) is 27.1 Å². The summed E-state index contributed by atoms with van der Waals surface area (Å²) >= 11 is 7.92. The van der Waals surface area contributed by atoms with E-state index >= 15 is 8.78 Å². The summed E-state index contributed by atoms with van der Waals surface area (Å²) in [5, 5.41) is 20.6. The van der Waals surface area contributed by atoms with Gasteiger partial charge in [0.05, 0.1) is 38.6 Å². The molecule has 2 atom stereocenters. The molecule has 23 heteroatoms. The van der Waals surface area contributed by atoms with E-state index < -0.39 is 46.8 Å². The average molecular weight is 1090 g/mol. The number of piperidine rings is 3. The number of carbonyl (C=O) groups is 5. The van der Waals surface area contributed by atoms with E-state index in [0.717, 1.165) is 80.9 Å². The summed E-state index contributed by atoms with van der Waals surface area (Å²) in [5.74, 6) is -3.22. The first-order chi connectivity index (χ1) is 37.1. The van der Waals surface area contributed by atoms with Gasteiger partial charge in [-0.1, -0.05) is 23.7 Å². The number of amides is 5. The number of hydrogen-bond acceptors (Lipinski definition) is 16. The number of halogens is 3. The number of nitriles is 1. The average Bonchev–Trinajstić information content (AvgIpc) is 4.16. The second-order valence-electron chi connectivity index (χ2n) is 20.6. The number of nitrogens with two attached hydrogens (primary N) is 1. The molecule has 19 nitrogen and oxygen atoms in total. The first kappa shape index (κ1) is 51.8. The lowest BCUT2D eigenvalue weighted by molar-refractivity contribution is -0.136. The molecule has 77 heavy (non-hydrogen) atoms. The molecule has 400 valence electrons. The van der Waals surface area contributed by atoms with E-state index in [0.29, 0.717) is 55.2 Å². The Morgan fingerprint density at radius 3 is 2.56 bits per heavy atom. The van der Waals surface area contributed by atoms with E-state index in [-0.39, 0.29) is 90.9 Å². The number of rotatable bonds is 15. The summed E-state index contributed by atoms with van der Waals surface area (Å²) in [6.45, 7) is 5.92. The first-order valence-corrected chi connectivity index (χ1v) is 27.1. The topological polar surface area (TPSA) is 228 Å². The van der Waals surface area contributed by atoms with Gasteiger partial charge < -0.3 is 35.4 Å². The van der Waals surface area contributed by atoms with E-state index in [9.17, 15) is 29.2 Å². The zero-order chi connectivity index (χ0) is 53.9. The molecule has 5 aliphatic rings. The van der Waals surface area contributed by atoms with Crippen molar-refractivity contribution in [3.8, 4) is 23.2 Å². The second-order valence-corrected chi connectivity index (χ2v) is 22.1. The molecule has 3 aromatic heterocycles. The lowest BCUT2D eigenvalue weighted by atomic mass is 9.77. The van der Waals surface area contributed by atoms with Crippen molar-refractivity contribution in [1.82, 2.24) is 44.7 Å². The summed E-state index contributed by atoms with van der Waals surface area (Å²) < 4.78 is 40.6. The molecule has 4 saturated heterocycles. The lowest BCUT2D eigenvalue weighted by Crippen LogP contribution is -2.68. The molecular weight excluding hydrogens is 1030 g/mol. The highest BCUT2D eigenvalue weighted by Gasteiger charge is 2.51. The van der Waals surface area contributed by atoms with Gasteiger partial charge in [0.2, 0.25) is 11.8 Å². The molecule has 3 aromatic carbocycles. The standard InChI is InChI=1S/C54H56ClF2N13O6S/c1-65(19-5-21-67-23-14-30(15-24-67)61-37-8-3-7-32-43(37)52(75)70(50(32)73)38-11-12-40(71)62-49(38)72)20-6-26-76-53-63-45-33(27-35(55)42(44(45)57)31-9-10-36(56)46-41(31)34(28-58)47(59)77-46)48(64-53)68-22-4-16-54(29-68)17-25-69(54)51(74)39-13-18-60-66(39)2/h3,7-10,13,18,27,30,38,61H,4-6,11-12,14-17,19-26,29,59H2,1-2H3,(H,62,71,72). The van der Waals surface area contributed by atoms with Crippen LogP contribution in [0.4, 0.5) is 25.3 Å². The van der Waals surface area contributed by atoms with Crippen molar-refractivity contribution in [3.63, 3.8) is 0 Å². The molecule has 1 spiro atoms. The molecule has 0 radical (unpaired) electrons. The van der Waals surface area contributed by atoms with Gasteiger partial charge in [-0.2, -0.15) is 20.3 Å². The molecular formula is C54H56ClF2N13O6S. The van der Waals surface area contributed by atoms with E-state index in [2.05, 4.69) is 41.5 Å². The monoisotopic (exact) mass is 1090 g/mol. The fourth-order valence-electron chi connectivity index (χ4n) is 11.8. The van der Waals surface area contributed by atoms with Crippen LogP contribution in [0.2, 0.25) is 5.02 Å². The van der Waals surface area contributed by atoms with E-state index in [1.165, 1.54) is 12.1 Å². The highest BCUT2D eigenvalue weighted by Crippen LogP contribution is 2.47. The van der Waals surface area contributed by atoms with Gasteiger partial charge in [-0.3, -0.25) is 38.9 Å². The molecule has 11 rings (SSSR count). The molecule has 6 aromatic rings. The zero-order valence-electron chi connectivity index (χ0n) is 42.5. The third kappa shape index (κ3) is 9.46. The van der Waals surface area contributed by atoms with Crippen LogP contribution in [-0.2, 0) is 16.6 Å². The van der Waals surface area contributed by atoms with Crippen LogP contribution in [-0.4, -0.2) is 153 Å². The van der Waals surface area contributed by atoms with Gasteiger partial charge in [0.25, 0.3) is 17.7 Å². The third-order valence-corrected chi connectivity index (χ3v) is 17.2. The summed E-state index contributed by atoms with van der Waals surface area (Å²) in [6, 6.07) is 12.1. The Hall–Kier alpha value is -7.32. The predicted octanol–water partition coefficient (Wildman–Crippen LogP) is 6.58. The van der Waals surface area contributed by atoms with Crippen molar-refractivity contribution >= 4 is 90.0 Å². The normalized spacial score (nSPS) is 20.1. The van der Waals surface area contributed by atoms with Crippen LogP contribution in [0.3, 0.4) is 0 Å². The smallest absolute Gasteiger partial charge is 0.319 e. The molecule has 5 aliphatic heterocycles. The largest absolute Gasteiger partial charge is 0.463 e. The Morgan fingerprint density at radius 1 is 1.01 bits per heavy atom. The predicted molar refractivity (Wildman–Crippen MR) is 286 cm³/mol. The Kier molecular flexibility index (Phi) is 14.1. The Morgan fingerprint density at radius 2 is 1.82 bits per heavy atom. The van der Waals surface area contributed by atoms with Crippen LogP contribution >= 0.6 is 22.9 Å². The Balaban J connectivity index is 0.736. The summed E-state index contributed by atoms with van der Waals surface area (Å²) in [7, 11) is 3.79. The third-order valence-electron chi connectivity index (χ3n) is 15.9. The minimum Gasteiger partial charge on any atom is -0.463 e. The first-order valence-electron chi connectivity index (χ1n) is 25.9. The maximum absolute atomic E-state index is 17.4. The molecule has 0 bridgehead atoms. The Bertz CT molecular complexity index is 3450. The fraction of sp³-hybridized carbons (Fsp3) is 0.426. The number of ether oxygens (including phenoxy) is 1. The summed E-state index contributed by atoms with van der Waals surface area (Å²) in [4.78, 5) is 84.3. The molecule has 8 heterocycles. The lowest BCUT2D eigenvalue weighted by Gasteiger charge is -2.57. The van der Waals surface area contributed by atoms with Gasteiger partial charge in [-0.05, 0) is 107 Å². The second kappa shape index (κ2) is 20.9. The molecule has 2 unspecified atom stereocenters. The number of fused-ring (bicyclic) bond motifs is 3. The zero-order valence-corrected chi connectivity index (χ0v) is 44.1. The molecule has 4 fully saturated rings. The van der Waals surface area contributed by atoms with Crippen LogP contribution in [0, 0.1) is 23.0 Å². The summed E-state index contributed by atoms with van der Waals surface area (Å²) in [6.07, 6.45) is 7.23. The molecule has 0 saturated carbocycles.